The van der Waals surface area contributed by atoms with Crippen molar-refractivity contribution in [3.8, 4) is 0 Å². The molecule has 3 nitrogen and oxygen atoms in total. The number of nitrogens with zero attached hydrogens (tertiary/aromatic N) is 3. The molecule has 16 heavy (non-hydrogen) atoms. The molecule has 1 aliphatic carbocycles. The predicted molar refractivity (Wildman–Crippen MR) is 68.6 cm³/mol. The molecule has 0 aliphatic heterocycles. The third-order valence-electron chi connectivity index (χ3n) is 3.24. The van der Waals surface area contributed by atoms with Crippen LogP contribution in [0.15, 0.2) is 6.33 Å². The number of aromatic nitrogens is 3. The third kappa shape index (κ3) is 2.84. The highest BCUT2D eigenvalue weighted by molar-refractivity contribution is 9.09. The van der Waals surface area contributed by atoms with Crippen molar-refractivity contribution in [2.24, 2.45) is 11.8 Å². The summed E-state index contributed by atoms with van der Waals surface area (Å²) < 4.78 is 2.07. The summed E-state index contributed by atoms with van der Waals surface area (Å²) in [6, 6.07) is 0. The van der Waals surface area contributed by atoms with Crippen molar-refractivity contribution in [3.63, 3.8) is 0 Å². The maximum Gasteiger partial charge on any atom is 0.138 e. The van der Waals surface area contributed by atoms with Crippen LogP contribution >= 0.6 is 15.9 Å². The highest BCUT2D eigenvalue weighted by atomic mass is 79.9. The second kappa shape index (κ2) is 5.30. The van der Waals surface area contributed by atoms with Gasteiger partial charge in [0, 0.05) is 17.8 Å². The van der Waals surface area contributed by atoms with Crippen molar-refractivity contribution < 1.29 is 0 Å². The van der Waals surface area contributed by atoms with Crippen LogP contribution in [0.1, 0.15) is 38.9 Å². The zero-order valence-corrected chi connectivity index (χ0v) is 11.7. The van der Waals surface area contributed by atoms with Crippen LogP contribution in [0.5, 0.6) is 0 Å². The smallest absolute Gasteiger partial charge is 0.138 e. The van der Waals surface area contributed by atoms with Crippen LogP contribution < -0.4 is 0 Å². The maximum atomic E-state index is 4.40. The molecule has 1 aliphatic rings. The van der Waals surface area contributed by atoms with E-state index in [9.17, 15) is 0 Å². The van der Waals surface area contributed by atoms with Gasteiger partial charge in [-0.3, -0.25) is 0 Å². The fourth-order valence-electron chi connectivity index (χ4n) is 2.40. The minimum atomic E-state index is 0.629. The van der Waals surface area contributed by atoms with E-state index in [0.29, 0.717) is 10.7 Å². The lowest BCUT2D eigenvalue weighted by Gasteiger charge is -2.14. The summed E-state index contributed by atoms with van der Waals surface area (Å²) in [5.41, 5.74) is 0. The lowest BCUT2D eigenvalue weighted by Crippen LogP contribution is -2.16. The van der Waals surface area contributed by atoms with Crippen LogP contribution in [0, 0.1) is 11.8 Å². The van der Waals surface area contributed by atoms with Crippen molar-refractivity contribution in [1.29, 1.82) is 0 Å². The van der Waals surface area contributed by atoms with E-state index in [2.05, 4.69) is 44.5 Å². The average molecular weight is 286 g/mol. The van der Waals surface area contributed by atoms with E-state index in [1.165, 1.54) is 19.3 Å². The van der Waals surface area contributed by atoms with Crippen molar-refractivity contribution >= 4 is 15.9 Å². The Kier molecular flexibility index (Phi) is 4.00. The molecule has 2 atom stereocenters. The Morgan fingerprint density at radius 2 is 2.31 bits per heavy atom. The van der Waals surface area contributed by atoms with E-state index >= 15 is 0 Å². The monoisotopic (exact) mass is 285 g/mol. The van der Waals surface area contributed by atoms with E-state index in [0.717, 1.165) is 24.7 Å². The molecule has 0 spiro atoms. The summed E-state index contributed by atoms with van der Waals surface area (Å²) in [5.74, 6) is 2.53. The van der Waals surface area contributed by atoms with Gasteiger partial charge in [0.1, 0.15) is 12.2 Å². The van der Waals surface area contributed by atoms with Gasteiger partial charge in [0.25, 0.3) is 0 Å². The van der Waals surface area contributed by atoms with Gasteiger partial charge < -0.3 is 0 Å². The Balaban J connectivity index is 2.00. The average Bonchev–Trinajstić information content (AvgIpc) is 2.78. The topological polar surface area (TPSA) is 30.7 Å². The quantitative estimate of drug-likeness (QED) is 0.796. The first kappa shape index (κ1) is 12.1. The highest BCUT2D eigenvalue weighted by Crippen LogP contribution is 2.33. The van der Waals surface area contributed by atoms with Crippen LogP contribution in [0.25, 0.3) is 0 Å². The van der Waals surface area contributed by atoms with Crippen LogP contribution in [0.4, 0.5) is 0 Å². The molecule has 1 aromatic rings. The first-order valence-electron chi connectivity index (χ1n) is 6.17. The third-order valence-corrected chi connectivity index (χ3v) is 4.45. The Morgan fingerprint density at radius 1 is 1.50 bits per heavy atom. The van der Waals surface area contributed by atoms with Gasteiger partial charge in [0.05, 0.1) is 0 Å². The van der Waals surface area contributed by atoms with Crippen LogP contribution in [-0.2, 0) is 13.0 Å². The first-order chi connectivity index (χ1) is 7.66. The van der Waals surface area contributed by atoms with Crippen LogP contribution in [-0.4, -0.2) is 19.6 Å². The number of hydrogen-bond donors (Lipinski definition) is 0. The summed E-state index contributed by atoms with van der Waals surface area (Å²) in [6.45, 7) is 5.41. The van der Waals surface area contributed by atoms with Crippen molar-refractivity contribution in [3.05, 3.63) is 12.2 Å². The largest absolute Gasteiger partial charge is 0.250 e. The molecule has 1 aromatic heterocycles. The molecule has 0 radical (unpaired) electrons. The van der Waals surface area contributed by atoms with Gasteiger partial charge in [-0.1, -0.05) is 36.2 Å². The van der Waals surface area contributed by atoms with Gasteiger partial charge in [-0.05, 0) is 24.7 Å². The van der Waals surface area contributed by atoms with Gasteiger partial charge in [0.2, 0.25) is 0 Å². The SMILES string of the molecule is CC(C)Cn1ncnc1CC1CCCC1Br. The molecule has 2 unspecified atom stereocenters. The molecule has 2 rings (SSSR count). The van der Waals surface area contributed by atoms with Gasteiger partial charge in [-0.2, -0.15) is 5.10 Å². The molecular weight excluding hydrogens is 266 g/mol. The standard InChI is InChI=1S/C12H20BrN3/c1-9(2)7-16-12(14-8-15-16)6-10-4-3-5-11(10)13/h8-11H,3-7H2,1-2H3. The molecule has 0 bridgehead atoms. The number of rotatable bonds is 4. The second-order valence-electron chi connectivity index (χ2n) is 5.16. The zero-order chi connectivity index (χ0) is 11.5. The van der Waals surface area contributed by atoms with Gasteiger partial charge in [0.15, 0.2) is 0 Å². The molecule has 0 saturated heterocycles. The Labute approximate surface area is 106 Å². The van der Waals surface area contributed by atoms with E-state index in [-0.39, 0.29) is 0 Å². The minimum Gasteiger partial charge on any atom is -0.250 e. The second-order valence-corrected chi connectivity index (χ2v) is 6.34. The van der Waals surface area contributed by atoms with Gasteiger partial charge >= 0.3 is 0 Å². The molecule has 1 heterocycles. The summed E-state index contributed by atoms with van der Waals surface area (Å²) in [7, 11) is 0. The minimum absolute atomic E-state index is 0.629. The summed E-state index contributed by atoms with van der Waals surface area (Å²) in [5, 5.41) is 4.31. The van der Waals surface area contributed by atoms with Gasteiger partial charge in [-0.25, -0.2) is 9.67 Å². The summed E-state index contributed by atoms with van der Waals surface area (Å²) in [4.78, 5) is 5.08. The fraction of sp³-hybridized carbons (Fsp3) is 0.833. The van der Waals surface area contributed by atoms with E-state index < -0.39 is 0 Å². The first-order valence-corrected chi connectivity index (χ1v) is 7.09. The maximum absolute atomic E-state index is 4.40. The van der Waals surface area contributed by atoms with E-state index in [4.69, 9.17) is 0 Å². The molecule has 1 saturated carbocycles. The van der Waals surface area contributed by atoms with E-state index in [1.807, 2.05) is 0 Å². The van der Waals surface area contributed by atoms with Crippen LogP contribution in [0.2, 0.25) is 0 Å². The zero-order valence-electron chi connectivity index (χ0n) is 10.1. The fourth-order valence-corrected chi connectivity index (χ4v) is 3.18. The lowest BCUT2D eigenvalue weighted by atomic mass is 10.0. The summed E-state index contributed by atoms with van der Waals surface area (Å²) >= 11 is 3.77. The predicted octanol–water partition coefficient (Wildman–Crippen LogP) is 3.04. The van der Waals surface area contributed by atoms with Crippen molar-refractivity contribution in [2.75, 3.05) is 0 Å². The number of halogens is 1. The molecular formula is C12H20BrN3. The van der Waals surface area contributed by atoms with Crippen LogP contribution in [0.3, 0.4) is 0 Å². The van der Waals surface area contributed by atoms with Crippen molar-refractivity contribution in [2.45, 2.75) is 50.9 Å². The molecule has 0 amide bonds. The normalized spacial score (nSPS) is 25.5. The molecule has 0 aromatic carbocycles. The summed E-state index contributed by atoms with van der Waals surface area (Å²) in [6.07, 6.45) is 6.74. The molecule has 1 fully saturated rings. The Hall–Kier alpha value is -0.380. The molecule has 4 heteroatoms. The Morgan fingerprint density at radius 3 is 2.94 bits per heavy atom. The highest BCUT2D eigenvalue weighted by Gasteiger charge is 2.26. The lowest BCUT2D eigenvalue weighted by molar-refractivity contribution is 0.444. The number of hydrogen-bond acceptors (Lipinski definition) is 2. The molecule has 0 N–H and O–H groups in total. The number of alkyl halides is 1. The Bertz CT molecular complexity index is 335. The molecule has 90 valence electrons. The van der Waals surface area contributed by atoms with Crippen molar-refractivity contribution in [1.82, 2.24) is 14.8 Å². The van der Waals surface area contributed by atoms with E-state index in [1.54, 1.807) is 6.33 Å². The van der Waals surface area contributed by atoms with Gasteiger partial charge in [-0.15, -0.1) is 0 Å².